The number of ether oxygens (including phenoxy) is 1. The first-order chi connectivity index (χ1) is 11.1. The molecule has 2 unspecified atom stereocenters. The molecule has 0 radical (unpaired) electrons. The van der Waals surface area contributed by atoms with Crippen LogP contribution in [0.4, 0.5) is 4.39 Å². The molecule has 2 aliphatic rings. The minimum Gasteiger partial charge on any atom is -0.359 e. The zero-order valence-corrected chi connectivity index (χ0v) is 13.7. The Morgan fingerprint density at radius 1 is 1.17 bits per heavy atom. The van der Waals surface area contributed by atoms with Gasteiger partial charge in [-0.25, -0.2) is 4.39 Å². The summed E-state index contributed by atoms with van der Waals surface area (Å²) in [5.41, 5.74) is 4.55. The lowest BCUT2D eigenvalue weighted by Gasteiger charge is -2.21. The molecule has 0 N–H and O–H groups in total. The molecule has 2 aromatic rings. The van der Waals surface area contributed by atoms with Crippen LogP contribution in [0.2, 0.25) is 0 Å². The average Bonchev–Trinajstić information content (AvgIpc) is 3.33. The molecule has 0 saturated carbocycles. The van der Waals surface area contributed by atoms with Gasteiger partial charge in [-0.2, -0.15) is 0 Å². The fourth-order valence-electron chi connectivity index (χ4n) is 3.91. The smallest absolute Gasteiger partial charge is 0.142 e. The maximum atomic E-state index is 13.9. The van der Waals surface area contributed by atoms with Crippen molar-refractivity contribution in [3.8, 4) is 0 Å². The molecule has 0 aromatic heterocycles. The number of epoxide rings is 1. The van der Waals surface area contributed by atoms with Gasteiger partial charge >= 0.3 is 0 Å². The van der Waals surface area contributed by atoms with Crippen molar-refractivity contribution in [3.05, 3.63) is 70.5 Å². The first kappa shape index (κ1) is 14.9. The maximum absolute atomic E-state index is 13.9. The molecule has 1 saturated heterocycles. The van der Waals surface area contributed by atoms with Crippen molar-refractivity contribution in [3.63, 3.8) is 0 Å². The van der Waals surface area contributed by atoms with Crippen molar-refractivity contribution < 1.29 is 9.13 Å². The summed E-state index contributed by atoms with van der Waals surface area (Å²) in [5, 5.41) is 0. The van der Waals surface area contributed by atoms with Crippen molar-refractivity contribution in [1.82, 2.24) is 4.90 Å². The number of hydrogen-bond acceptors (Lipinski definition) is 2. The molecule has 2 aromatic carbocycles. The van der Waals surface area contributed by atoms with E-state index in [2.05, 4.69) is 43.3 Å². The van der Waals surface area contributed by atoms with Crippen LogP contribution in [-0.2, 0) is 16.8 Å². The number of rotatable bonds is 3. The maximum Gasteiger partial charge on any atom is 0.142 e. The van der Waals surface area contributed by atoms with Gasteiger partial charge in [0.15, 0.2) is 0 Å². The first-order valence-corrected chi connectivity index (χ1v) is 8.27. The highest BCUT2D eigenvalue weighted by atomic mass is 19.1. The number of halogens is 1. The van der Waals surface area contributed by atoms with E-state index in [1.54, 1.807) is 12.1 Å². The van der Waals surface area contributed by atoms with E-state index in [1.807, 2.05) is 6.07 Å². The quantitative estimate of drug-likeness (QED) is 0.804. The highest BCUT2D eigenvalue weighted by Crippen LogP contribution is 2.52. The third-order valence-corrected chi connectivity index (χ3v) is 5.17. The molecule has 1 heterocycles. The summed E-state index contributed by atoms with van der Waals surface area (Å²) in [5.74, 6) is 0.174. The highest BCUT2D eigenvalue weighted by molar-refractivity contribution is 5.52. The van der Waals surface area contributed by atoms with Crippen LogP contribution in [0.3, 0.4) is 0 Å². The van der Waals surface area contributed by atoms with Crippen LogP contribution in [-0.4, -0.2) is 32.1 Å². The predicted molar refractivity (Wildman–Crippen MR) is 89.2 cm³/mol. The molecular formula is C20H22FNO. The lowest BCUT2D eigenvalue weighted by atomic mass is 9.86. The van der Waals surface area contributed by atoms with Gasteiger partial charge in [-0.1, -0.05) is 30.3 Å². The molecular weight excluding hydrogens is 289 g/mol. The highest BCUT2D eigenvalue weighted by Gasteiger charge is 2.52. The van der Waals surface area contributed by atoms with E-state index in [-0.39, 0.29) is 11.4 Å². The second-order valence-electron chi connectivity index (χ2n) is 7.00. The fraction of sp³-hybridized carbons (Fsp3) is 0.400. The van der Waals surface area contributed by atoms with Gasteiger partial charge in [0, 0.05) is 0 Å². The van der Waals surface area contributed by atoms with Gasteiger partial charge in [0.1, 0.15) is 11.4 Å². The topological polar surface area (TPSA) is 15.8 Å². The van der Waals surface area contributed by atoms with Crippen LogP contribution in [0.1, 0.15) is 34.6 Å². The van der Waals surface area contributed by atoms with Crippen LogP contribution in [0.25, 0.3) is 0 Å². The molecule has 2 nitrogen and oxygen atoms in total. The van der Waals surface area contributed by atoms with Gasteiger partial charge in [-0.3, -0.25) is 0 Å². The molecule has 120 valence electrons. The van der Waals surface area contributed by atoms with Gasteiger partial charge in [-0.05, 0) is 73.8 Å². The third kappa shape index (κ3) is 2.48. The molecule has 0 bridgehead atoms. The van der Waals surface area contributed by atoms with Gasteiger partial charge in [0.05, 0.1) is 6.61 Å². The number of nitrogens with zero attached hydrogens (tertiary/aromatic N) is 1. The normalized spacial score (nSPS) is 25.1. The van der Waals surface area contributed by atoms with Crippen molar-refractivity contribution in [1.29, 1.82) is 0 Å². The summed E-state index contributed by atoms with van der Waals surface area (Å²) in [6.45, 7) is 1.69. The van der Waals surface area contributed by atoms with Gasteiger partial charge in [-0.15, -0.1) is 0 Å². The Bertz CT molecular complexity index is 736. The lowest BCUT2D eigenvalue weighted by Crippen LogP contribution is -2.18. The van der Waals surface area contributed by atoms with Crippen molar-refractivity contribution in [2.24, 2.45) is 0 Å². The van der Waals surface area contributed by atoms with E-state index in [4.69, 9.17) is 4.74 Å². The molecule has 3 heteroatoms. The van der Waals surface area contributed by atoms with Gasteiger partial charge in [0.25, 0.3) is 0 Å². The Labute approximate surface area is 136 Å². The van der Waals surface area contributed by atoms with E-state index >= 15 is 0 Å². The van der Waals surface area contributed by atoms with Crippen LogP contribution in [0.15, 0.2) is 42.5 Å². The summed E-state index contributed by atoms with van der Waals surface area (Å²) in [6.07, 6.45) is 1.97. The number of benzene rings is 2. The van der Waals surface area contributed by atoms with Crippen LogP contribution < -0.4 is 0 Å². The average molecular weight is 311 g/mol. The zero-order valence-electron chi connectivity index (χ0n) is 13.7. The van der Waals surface area contributed by atoms with Crippen molar-refractivity contribution in [2.75, 3.05) is 27.2 Å². The summed E-state index contributed by atoms with van der Waals surface area (Å²) in [7, 11) is 4.17. The molecule has 1 aliphatic carbocycles. The monoisotopic (exact) mass is 311 g/mol. The van der Waals surface area contributed by atoms with Crippen LogP contribution in [0.5, 0.6) is 0 Å². The second kappa shape index (κ2) is 5.43. The van der Waals surface area contributed by atoms with E-state index in [0.717, 1.165) is 30.5 Å². The zero-order chi connectivity index (χ0) is 16.0. The molecule has 1 aliphatic heterocycles. The molecule has 2 atom stereocenters. The molecule has 1 fully saturated rings. The van der Waals surface area contributed by atoms with Crippen molar-refractivity contribution in [2.45, 2.75) is 24.4 Å². The lowest BCUT2D eigenvalue weighted by molar-refractivity contribution is 0.347. The standard InChI is InChI=1S/C20H22FNO/c1-22(2)10-9-14-11-15-5-3-4-6-18(15)20(13-23-20)19-8-7-16(21)12-17(14)19/h3-8,12,14H,9-11,13H2,1-2H3. The second-order valence-corrected chi connectivity index (χ2v) is 7.00. The van der Waals surface area contributed by atoms with E-state index < -0.39 is 0 Å². The first-order valence-electron chi connectivity index (χ1n) is 8.27. The predicted octanol–water partition coefficient (Wildman–Crippen LogP) is 3.69. The van der Waals surface area contributed by atoms with Gasteiger partial charge < -0.3 is 9.64 Å². The molecule has 23 heavy (non-hydrogen) atoms. The Balaban J connectivity index is 1.85. The van der Waals surface area contributed by atoms with E-state index in [0.29, 0.717) is 12.5 Å². The fourth-order valence-corrected chi connectivity index (χ4v) is 3.91. The largest absolute Gasteiger partial charge is 0.359 e. The molecule has 0 amide bonds. The molecule has 4 rings (SSSR count). The summed E-state index contributed by atoms with van der Waals surface area (Å²) in [4.78, 5) is 2.19. The minimum absolute atomic E-state index is 0.152. The van der Waals surface area contributed by atoms with E-state index in [9.17, 15) is 4.39 Å². The molecule has 1 spiro atoms. The SMILES string of the molecule is CN(C)CCC1Cc2ccccc2C2(CO2)c2ccc(F)cc21. The van der Waals surface area contributed by atoms with E-state index in [1.165, 1.54) is 11.1 Å². The number of hydrogen-bond donors (Lipinski definition) is 0. The minimum atomic E-state index is -0.341. The van der Waals surface area contributed by atoms with Crippen molar-refractivity contribution >= 4 is 0 Å². The summed E-state index contributed by atoms with van der Waals surface area (Å²) in [6, 6.07) is 13.8. The third-order valence-electron chi connectivity index (χ3n) is 5.17. The van der Waals surface area contributed by atoms with Crippen LogP contribution in [0, 0.1) is 5.82 Å². The van der Waals surface area contributed by atoms with Gasteiger partial charge in [0.2, 0.25) is 0 Å². The Morgan fingerprint density at radius 2 is 1.96 bits per heavy atom. The Morgan fingerprint density at radius 3 is 2.70 bits per heavy atom. The summed E-state index contributed by atoms with van der Waals surface area (Å²) >= 11 is 0. The Hall–Kier alpha value is -1.71. The Kier molecular flexibility index (Phi) is 3.51. The van der Waals surface area contributed by atoms with Crippen LogP contribution >= 0.6 is 0 Å². The number of fused-ring (bicyclic) bond motifs is 4. The summed E-state index contributed by atoms with van der Waals surface area (Å²) < 4.78 is 19.9.